The molecule has 0 aliphatic carbocycles. The summed E-state index contributed by atoms with van der Waals surface area (Å²) < 4.78 is 15.8. The summed E-state index contributed by atoms with van der Waals surface area (Å²) in [6.45, 7) is 0.502. The molecule has 0 fully saturated rings. The molecule has 4 aromatic heterocycles. The van der Waals surface area contributed by atoms with Gasteiger partial charge < -0.3 is 9.47 Å². The number of carbonyl (C=O) groups is 2. The van der Waals surface area contributed by atoms with E-state index in [1.54, 1.807) is 34.2 Å². The normalized spacial score (nSPS) is 11.4. The summed E-state index contributed by atoms with van der Waals surface area (Å²) in [6, 6.07) is 61.9. The summed E-state index contributed by atoms with van der Waals surface area (Å²) >= 11 is 2.71. The fourth-order valence-electron chi connectivity index (χ4n) is 8.78. The highest BCUT2D eigenvalue weighted by atomic mass is 32.1. The number of carbonyl (C=O) groups excluding carboxylic acids is 2. The smallest absolute Gasteiger partial charge is 0.203 e. The average molecular weight is 1060 g/mol. The summed E-state index contributed by atoms with van der Waals surface area (Å²) in [6.07, 6.45) is 6.87. The van der Waals surface area contributed by atoms with Gasteiger partial charge >= 0.3 is 0 Å². The Morgan fingerprint density at radius 3 is 1.32 bits per heavy atom. The zero-order chi connectivity index (χ0) is 52.6. The van der Waals surface area contributed by atoms with Crippen molar-refractivity contribution in [1.82, 2.24) is 29.5 Å². The zero-order valence-electron chi connectivity index (χ0n) is 41.4. The van der Waals surface area contributed by atoms with Crippen molar-refractivity contribution in [2.24, 2.45) is 10.2 Å². The van der Waals surface area contributed by atoms with Gasteiger partial charge in [0.15, 0.2) is 11.6 Å². The lowest BCUT2D eigenvalue weighted by Crippen LogP contribution is -2.11. The molecule has 14 nitrogen and oxygen atoms in total. The second-order valence-corrected chi connectivity index (χ2v) is 19.4. The van der Waals surface area contributed by atoms with Gasteiger partial charge in [-0.2, -0.15) is 20.4 Å². The minimum absolute atomic E-state index is 0.150. The van der Waals surface area contributed by atoms with Crippen LogP contribution < -0.4 is 20.3 Å². The topological polar surface area (TPSA) is 163 Å². The maximum absolute atomic E-state index is 14.1. The number of hydrogen-bond donors (Lipinski definition) is 2. The number of rotatable bonds is 19. The second-order valence-electron chi connectivity index (χ2n) is 17.7. The van der Waals surface area contributed by atoms with Crippen molar-refractivity contribution in [1.29, 1.82) is 0 Å². The molecule has 8 aromatic carbocycles. The van der Waals surface area contributed by atoms with Crippen LogP contribution in [0.2, 0.25) is 0 Å². The fraction of sp³-hybridized carbons (Fsp3) is 0.0323. The second kappa shape index (κ2) is 22.4. The number of nitrogens with one attached hydrogen (secondary N) is 2. The van der Waals surface area contributed by atoms with E-state index in [4.69, 9.17) is 29.6 Å². The third-order valence-corrected chi connectivity index (χ3v) is 14.1. The third kappa shape index (κ3) is 10.7. The number of ether oxygens (including phenoxy) is 2. The zero-order valence-corrected chi connectivity index (χ0v) is 43.0. The van der Waals surface area contributed by atoms with Gasteiger partial charge in [0.1, 0.15) is 47.5 Å². The molecule has 0 amide bonds. The Balaban J connectivity index is 0.678. The van der Waals surface area contributed by atoms with E-state index in [1.807, 2.05) is 205 Å². The average Bonchev–Trinajstić information content (AvgIpc) is 4.42. The molecule has 12 aromatic rings. The largest absolute Gasteiger partial charge is 0.489 e. The van der Waals surface area contributed by atoms with Gasteiger partial charge in [0.2, 0.25) is 10.3 Å². The van der Waals surface area contributed by atoms with Crippen molar-refractivity contribution in [3.8, 4) is 45.6 Å². The van der Waals surface area contributed by atoms with Gasteiger partial charge in [0, 0.05) is 45.4 Å². The summed E-state index contributed by atoms with van der Waals surface area (Å²) in [7, 11) is 0. The van der Waals surface area contributed by atoms with Gasteiger partial charge in [-0.3, -0.25) is 20.4 Å². The summed E-state index contributed by atoms with van der Waals surface area (Å²) in [5.74, 6) is 0.938. The molecule has 0 bridgehead atoms. The van der Waals surface area contributed by atoms with E-state index in [-0.39, 0.29) is 24.8 Å². The highest BCUT2D eigenvalue weighted by Gasteiger charge is 2.24. The van der Waals surface area contributed by atoms with Crippen LogP contribution in [0.4, 0.5) is 10.3 Å². The summed E-state index contributed by atoms with van der Waals surface area (Å²) in [5, 5.41) is 27.5. The standard InChI is InChI=1S/C62H44N10O4S2/c73-59(45-29-27-41-15-7-9-17-43(41)33-45)51-37-71(49-21-3-1-4-22-49)69-57(51)53-39-77-61(65-53)67-63-35-47-19-11-13-25-55(47)75-31-32-76-56-26-14-12-20-48(56)36-64-68-62-66-54(40-78-62)58-52(38-72(70-58)50-23-5-2-6-24-50)60(74)46-30-28-42-16-8-10-18-44(42)34-46/h1-30,33-40H,31-32H2,(H,65,67)(H,66,68). The maximum Gasteiger partial charge on any atom is 0.203 e. The monoisotopic (exact) mass is 1060 g/mol. The van der Waals surface area contributed by atoms with Crippen LogP contribution in [0.25, 0.3) is 55.7 Å². The van der Waals surface area contributed by atoms with E-state index in [0.29, 0.717) is 66.8 Å². The Kier molecular flexibility index (Phi) is 14.0. The first-order valence-electron chi connectivity index (χ1n) is 24.8. The number of hydrazone groups is 2. The number of fused-ring (bicyclic) bond motifs is 2. The van der Waals surface area contributed by atoms with E-state index in [2.05, 4.69) is 21.1 Å². The van der Waals surface area contributed by atoms with Crippen LogP contribution in [0, 0.1) is 0 Å². The number of anilines is 2. The molecule has 0 radical (unpaired) electrons. The maximum atomic E-state index is 14.1. The van der Waals surface area contributed by atoms with Gasteiger partial charge in [-0.25, -0.2) is 19.3 Å². The lowest BCUT2D eigenvalue weighted by Gasteiger charge is -2.11. The quantitative estimate of drug-likeness (QED) is 0.0345. The molecule has 78 heavy (non-hydrogen) atoms. The highest BCUT2D eigenvalue weighted by molar-refractivity contribution is 7.14. The number of benzene rings is 8. The minimum Gasteiger partial charge on any atom is -0.489 e. The number of hydrogen-bond acceptors (Lipinski definition) is 14. The van der Waals surface area contributed by atoms with Crippen LogP contribution in [-0.4, -0.2) is 66.7 Å². The van der Waals surface area contributed by atoms with Gasteiger partial charge in [-0.15, -0.1) is 22.7 Å². The van der Waals surface area contributed by atoms with Gasteiger partial charge in [0.05, 0.1) is 34.9 Å². The van der Waals surface area contributed by atoms with Crippen LogP contribution in [-0.2, 0) is 0 Å². The number of aromatic nitrogens is 6. The number of nitrogens with zero attached hydrogens (tertiary/aromatic N) is 8. The lowest BCUT2D eigenvalue weighted by molar-refractivity contribution is 0.103. The summed E-state index contributed by atoms with van der Waals surface area (Å²) in [4.78, 5) is 37.9. The third-order valence-electron chi connectivity index (χ3n) is 12.6. The number of ketones is 2. The molecule has 0 spiro atoms. The molecule has 0 saturated carbocycles. The molecule has 0 aliphatic rings. The van der Waals surface area contributed by atoms with Crippen LogP contribution in [0.3, 0.4) is 0 Å². The molecular formula is C62H44N10O4S2. The fourth-order valence-corrected chi connectivity index (χ4v) is 10.1. The molecule has 0 atom stereocenters. The molecule has 2 N–H and O–H groups in total. The Morgan fingerprint density at radius 2 is 0.872 bits per heavy atom. The van der Waals surface area contributed by atoms with Crippen molar-refractivity contribution in [2.45, 2.75) is 0 Å². The van der Waals surface area contributed by atoms with Crippen LogP contribution in [0.15, 0.2) is 227 Å². The van der Waals surface area contributed by atoms with Gasteiger partial charge in [0.25, 0.3) is 0 Å². The lowest BCUT2D eigenvalue weighted by atomic mass is 10.00. The molecule has 0 unspecified atom stereocenters. The van der Waals surface area contributed by atoms with Gasteiger partial charge in [-0.05, 0) is 82.2 Å². The molecule has 0 saturated heterocycles. The summed E-state index contributed by atoms with van der Waals surface area (Å²) in [5.41, 5.74) is 13.2. The van der Waals surface area contributed by atoms with Crippen molar-refractivity contribution in [2.75, 3.05) is 24.1 Å². The number of para-hydroxylation sites is 4. The first kappa shape index (κ1) is 48.8. The predicted octanol–water partition coefficient (Wildman–Crippen LogP) is 13.4. The van der Waals surface area contributed by atoms with Crippen molar-refractivity contribution >= 4 is 78.5 Å². The Morgan fingerprint density at radius 1 is 0.474 bits per heavy atom. The SMILES string of the molecule is O=C(c1ccc2ccccc2c1)c1cn(-c2ccccc2)nc1-c1csc(NN=Cc2ccccc2OCCOc2ccccc2C=NNc2nc(-c3nn(-c4ccccc4)cc3C(=O)c3ccc4ccccc4c3)cs2)n1. The molecule has 378 valence electrons. The van der Waals surface area contributed by atoms with E-state index >= 15 is 0 Å². The minimum atomic E-state index is -0.150. The molecule has 12 rings (SSSR count). The van der Waals surface area contributed by atoms with E-state index < -0.39 is 0 Å². The van der Waals surface area contributed by atoms with Gasteiger partial charge in [-0.1, -0.05) is 133 Å². The molecule has 4 heterocycles. The van der Waals surface area contributed by atoms with Crippen molar-refractivity contribution in [3.05, 3.63) is 251 Å². The van der Waals surface area contributed by atoms with E-state index in [1.165, 1.54) is 22.7 Å². The van der Waals surface area contributed by atoms with Crippen LogP contribution in [0.5, 0.6) is 11.5 Å². The number of thiazole rings is 2. The molecule has 0 aliphatic heterocycles. The van der Waals surface area contributed by atoms with Crippen LogP contribution in [0.1, 0.15) is 43.0 Å². The first-order valence-corrected chi connectivity index (χ1v) is 26.5. The molecule has 16 heteroatoms. The first-order chi connectivity index (χ1) is 38.5. The van der Waals surface area contributed by atoms with Crippen molar-refractivity contribution in [3.63, 3.8) is 0 Å². The Labute approximate surface area is 455 Å². The Hall–Kier alpha value is -10.2. The van der Waals surface area contributed by atoms with Crippen molar-refractivity contribution < 1.29 is 19.1 Å². The van der Waals surface area contributed by atoms with E-state index in [0.717, 1.165) is 44.0 Å². The van der Waals surface area contributed by atoms with Crippen LogP contribution >= 0.6 is 22.7 Å². The highest BCUT2D eigenvalue weighted by Crippen LogP contribution is 2.32. The molecular weight excluding hydrogens is 1010 g/mol. The Bertz CT molecular complexity index is 3920. The van der Waals surface area contributed by atoms with E-state index in [9.17, 15) is 9.59 Å². The predicted molar refractivity (Wildman–Crippen MR) is 310 cm³/mol.